The van der Waals surface area contributed by atoms with Gasteiger partial charge >= 0.3 is 5.97 Å². The van der Waals surface area contributed by atoms with Crippen molar-refractivity contribution in [3.8, 4) is 5.75 Å². The molecule has 0 aliphatic rings. The lowest BCUT2D eigenvalue weighted by Gasteiger charge is -2.07. The highest BCUT2D eigenvalue weighted by Crippen LogP contribution is 2.34. The summed E-state index contributed by atoms with van der Waals surface area (Å²) in [5.41, 5.74) is -0.0406. The summed E-state index contributed by atoms with van der Waals surface area (Å²) in [5, 5.41) is 18.4. The molecule has 0 aliphatic heterocycles. The molecule has 0 aromatic heterocycles. The Hall–Kier alpha value is -0.810. The third kappa shape index (κ3) is 2.16. The Labute approximate surface area is 90.5 Å². The zero-order valence-electron chi connectivity index (χ0n) is 7.77. The van der Waals surface area contributed by atoms with E-state index in [1.54, 1.807) is 12.3 Å². The van der Waals surface area contributed by atoms with Gasteiger partial charge in [-0.2, -0.15) is 0 Å². The lowest BCUT2D eigenvalue weighted by Crippen LogP contribution is -1.98. The van der Waals surface area contributed by atoms with Crippen LogP contribution in [0.5, 0.6) is 5.75 Å². The topological polar surface area (TPSA) is 57.5 Å². The Kier molecular flexibility index (Phi) is 3.71. The maximum Gasteiger partial charge on any atom is 0.339 e. The first kappa shape index (κ1) is 11.3. The number of aromatic carboxylic acids is 1. The summed E-state index contributed by atoms with van der Waals surface area (Å²) in [6, 6.07) is 3.25. The lowest BCUT2D eigenvalue weighted by atomic mass is 10.2. The Balaban J connectivity index is 3.34. The van der Waals surface area contributed by atoms with Gasteiger partial charge < -0.3 is 10.2 Å². The summed E-state index contributed by atoms with van der Waals surface area (Å²) in [5.74, 6) is -1.25. The van der Waals surface area contributed by atoms with Crippen molar-refractivity contribution in [1.29, 1.82) is 0 Å². The van der Waals surface area contributed by atoms with E-state index in [0.717, 1.165) is 4.90 Å². The van der Waals surface area contributed by atoms with E-state index < -0.39 is 5.97 Å². The van der Waals surface area contributed by atoms with Gasteiger partial charge in [0.05, 0.1) is 4.90 Å². The third-order valence-corrected chi connectivity index (χ3v) is 3.19. The fourth-order valence-electron chi connectivity index (χ4n) is 1.02. The van der Waals surface area contributed by atoms with Crippen molar-refractivity contribution in [3.63, 3.8) is 0 Å². The molecule has 0 saturated carbocycles. The van der Waals surface area contributed by atoms with Crippen LogP contribution in [0.1, 0.15) is 10.4 Å². The van der Waals surface area contributed by atoms with E-state index in [1.165, 1.54) is 29.6 Å². The smallest absolute Gasteiger partial charge is 0.339 e. The van der Waals surface area contributed by atoms with Crippen LogP contribution in [0.25, 0.3) is 0 Å². The largest absolute Gasteiger partial charge is 0.506 e. The fourth-order valence-corrected chi connectivity index (χ4v) is 2.11. The van der Waals surface area contributed by atoms with Crippen LogP contribution in [0, 0.1) is 0 Å². The highest BCUT2D eigenvalue weighted by atomic mass is 32.2. The maximum absolute atomic E-state index is 10.8. The minimum absolute atomic E-state index is 0.0406. The average Bonchev–Trinajstić information content (AvgIpc) is 2.17. The van der Waals surface area contributed by atoms with E-state index in [4.69, 9.17) is 5.11 Å². The van der Waals surface area contributed by atoms with Gasteiger partial charge in [0.25, 0.3) is 0 Å². The maximum atomic E-state index is 10.8. The van der Waals surface area contributed by atoms with Crippen molar-refractivity contribution in [2.24, 2.45) is 0 Å². The van der Waals surface area contributed by atoms with Gasteiger partial charge in [-0.15, -0.1) is 23.5 Å². The molecule has 1 rings (SSSR count). The first-order chi connectivity index (χ1) is 6.60. The summed E-state index contributed by atoms with van der Waals surface area (Å²) in [7, 11) is 0. The van der Waals surface area contributed by atoms with Crippen molar-refractivity contribution in [3.05, 3.63) is 17.7 Å². The molecule has 0 unspecified atom stereocenters. The molecule has 2 N–H and O–H groups in total. The zero-order valence-corrected chi connectivity index (χ0v) is 9.41. The molecule has 0 bridgehead atoms. The van der Waals surface area contributed by atoms with Crippen LogP contribution < -0.4 is 0 Å². The molecule has 0 heterocycles. The lowest BCUT2D eigenvalue weighted by molar-refractivity contribution is 0.0693. The van der Waals surface area contributed by atoms with E-state index >= 15 is 0 Å². The van der Waals surface area contributed by atoms with Gasteiger partial charge in [0.2, 0.25) is 0 Å². The quantitative estimate of drug-likeness (QED) is 0.781. The van der Waals surface area contributed by atoms with Gasteiger partial charge in [0.1, 0.15) is 11.3 Å². The van der Waals surface area contributed by atoms with Gasteiger partial charge in [0.15, 0.2) is 0 Å². The van der Waals surface area contributed by atoms with Crippen LogP contribution in [-0.2, 0) is 0 Å². The van der Waals surface area contributed by atoms with Crippen LogP contribution >= 0.6 is 23.5 Å². The number of aromatic hydroxyl groups is 1. The molecule has 0 fully saturated rings. The number of rotatable bonds is 3. The molecule has 5 heteroatoms. The monoisotopic (exact) mass is 230 g/mol. The first-order valence-corrected chi connectivity index (χ1v) is 6.23. The van der Waals surface area contributed by atoms with Crippen LogP contribution in [0.3, 0.4) is 0 Å². The van der Waals surface area contributed by atoms with Crippen molar-refractivity contribution in [2.45, 2.75) is 9.79 Å². The van der Waals surface area contributed by atoms with Crippen LogP contribution in [0.15, 0.2) is 21.9 Å². The van der Waals surface area contributed by atoms with Crippen molar-refractivity contribution in [1.82, 2.24) is 0 Å². The Morgan fingerprint density at radius 1 is 1.29 bits per heavy atom. The first-order valence-electron chi connectivity index (χ1n) is 3.78. The van der Waals surface area contributed by atoms with E-state index in [0.29, 0.717) is 4.90 Å². The normalized spacial score (nSPS) is 10.1. The number of phenols is 1. The molecule has 3 nitrogen and oxygen atoms in total. The number of carboxylic acid groups (broad SMARTS) is 1. The molecule has 0 aliphatic carbocycles. The summed E-state index contributed by atoms with van der Waals surface area (Å²) in [4.78, 5) is 12.2. The van der Waals surface area contributed by atoms with Gasteiger partial charge in [-0.1, -0.05) is 0 Å². The van der Waals surface area contributed by atoms with Gasteiger partial charge in [-0.05, 0) is 24.6 Å². The summed E-state index contributed by atoms with van der Waals surface area (Å²) in [6.45, 7) is 0. The molecule has 0 saturated heterocycles. The number of thioether (sulfide) groups is 2. The van der Waals surface area contributed by atoms with Gasteiger partial charge in [-0.25, -0.2) is 4.79 Å². The second kappa shape index (κ2) is 4.61. The predicted molar refractivity (Wildman–Crippen MR) is 58.6 cm³/mol. The summed E-state index contributed by atoms with van der Waals surface area (Å²) in [6.07, 6.45) is 3.66. The Morgan fingerprint density at radius 2 is 1.93 bits per heavy atom. The molecule has 0 spiro atoms. The van der Waals surface area contributed by atoms with Crippen molar-refractivity contribution >= 4 is 29.5 Å². The molecular formula is C9H10O3S2. The Bertz CT molecular complexity index is 363. The molecule has 0 atom stereocenters. The number of hydrogen-bond donors (Lipinski definition) is 2. The summed E-state index contributed by atoms with van der Waals surface area (Å²) >= 11 is 2.78. The van der Waals surface area contributed by atoms with Gasteiger partial charge in [0, 0.05) is 4.90 Å². The van der Waals surface area contributed by atoms with Crippen molar-refractivity contribution in [2.75, 3.05) is 12.5 Å². The molecule has 0 amide bonds. The third-order valence-electron chi connectivity index (χ3n) is 1.73. The molecular weight excluding hydrogens is 220 g/mol. The van der Waals surface area contributed by atoms with Crippen LogP contribution in [-0.4, -0.2) is 28.7 Å². The van der Waals surface area contributed by atoms with E-state index in [-0.39, 0.29) is 11.3 Å². The molecule has 1 aromatic carbocycles. The van der Waals surface area contributed by atoms with Crippen LogP contribution in [0.4, 0.5) is 0 Å². The van der Waals surface area contributed by atoms with E-state index in [9.17, 15) is 9.90 Å². The number of carboxylic acids is 1. The minimum atomic E-state index is -1.10. The van der Waals surface area contributed by atoms with Crippen LogP contribution in [0.2, 0.25) is 0 Å². The number of benzene rings is 1. The number of carbonyl (C=O) groups is 1. The SMILES string of the molecule is CSc1cc(SC)c(O)c(C(=O)O)c1. The summed E-state index contributed by atoms with van der Waals surface area (Å²) < 4.78 is 0. The minimum Gasteiger partial charge on any atom is -0.506 e. The molecule has 1 aromatic rings. The molecule has 14 heavy (non-hydrogen) atoms. The highest BCUT2D eigenvalue weighted by molar-refractivity contribution is 7.99. The molecule has 76 valence electrons. The van der Waals surface area contributed by atoms with E-state index in [2.05, 4.69) is 0 Å². The zero-order chi connectivity index (χ0) is 10.7. The van der Waals surface area contributed by atoms with Gasteiger partial charge in [-0.3, -0.25) is 0 Å². The standard InChI is InChI=1S/C9H10O3S2/c1-13-5-3-6(9(11)12)8(10)7(4-5)14-2/h3-4,10H,1-2H3,(H,11,12). The second-order valence-electron chi connectivity index (χ2n) is 2.53. The van der Waals surface area contributed by atoms with Crippen molar-refractivity contribution < 1.29 is 15.0 Å². The fraction of sp³-hybridized carbons (Fsp3) is 0.222. The Morgan fingerprint density at radius 3 is 2.36 bits per heavy atom. The average molecular weight is 230 g/mol. The highest BCUT2D eigenvalue weighted by Gasteiger charge is 2.14. The molecule has 0 radical (unpaired) electrons. The second-order valence-corrected chi connectivity index (χ2v) is 4.26. The van der Waals surface area contributed by atoms with E-state index in [1.807, 2.05) is 6.26 Å². The predicted octanol–water partition coefficient (Wildman–Crippen LogP) is 2.53. The number of hydrogen-bond acceptors (Lipinski definition) is 4.